The maximum Gasteiger partial charge on any atom is 0.251 e. The van der Waals surface area contributed by atoms with E-state index in [0.29, 0.717) is 17.5 Å². The first-order valence-electron chi connectivity index (χ1n) is 9.47. The highest BCUT2D eigenvalue weighted by atomic mass is 127. The van der Waals surface area contributed by atoms with Gasteiger partial charge in [-0.1, -0.05) is 38.0 Å². The maximum absolute atomic E-state index is 11.9. The predicted molar refractivity (Wildman–Crippen MR) is 119 cm³/mol. The highest BCUT2D eigenvalue weighted by Gasteiger charge is 2.31. The fourth-order valence-electron chi connectivity index (χ4n) is 3.46. The van der Waals surface area contributed by atoms with Crippen molar-refractivity contribution < 1.29 is 4.79 Å². The second-order valence-electron chi connectivity index (χ2n) is 6.89. The molecule has 1 aliphatic rings. The molecule has 0 atom stereocenters. The lowest BCUT2D eigenvalue weighted by Gasteiger charge is -2.28. The van der Waals surface area contributed by atoms with E-state index in [0.717, 1.165) is 25.5 Å². The van der Waals surface area contributed by atoms with Gasteiger partial charge in [-0.2, -0.15) is 0 Å². The van der Waals surface area contributed by atoms with Crippen molar-refractivity contribution in [2.45, 2.75) is 45.4 Å². The average Bonchev–Trinajstić information content (AvgIpc) is 3.14. The first kappa shape index (κ1) is 22.7. The van der Waals surface area contributed by atoms with Crippen molar-refractivity contribution in [2.24, 2.45) is 10.4 Å². The number of carbonyl (C=O) groups is 1. The normalized spacial score (nSPS) is 15.8. The fraction of sp³-hybridized carbons (Fsp3) is 0.600. The Morgan fingerprint density at radius 1 is 1.08 bits per heavy atom. The number of nitrogens with zero attached hydrogens (tertiary/aromatic N) is 1. The summed E-state index contributed by atoms with van der Waals surface area (Å²) < 4.78 is 0. The third-order valence-corrected chi connectivity index (χ3v) is 5.24. The molecule has 2 rings (SSSR count). The van der Waals surface area contributed by atoms with Crippen LogP contribution in [0.5, 0.6) is 0 Å². The van der Waals surface area contributed by atoms with E-state index in [2.05, 4.69) is 27.9 Å². The largest absolute Gasteiger partial charge is 0.356 e. The minimum Gasteiger partial charge on any atom is -0.356 e. The van der Waals surface area contributed by atoms with Crippen LogP contribution in [0.2, 0.25) is 0 Å². The lowest BCUT2D eigenvalue weighted by atomic mass is 9.83. The van der Waals surface area contributed by atoms with Gasteiger partial charge in [0, 0.05) is 32.2 Å². The van der Waals surface area contributed by atoms with E-state index in [1.807, 2.05) is 30.3 Å². The molecule has 0 aromatic heterocycles. The number of amides is 1. The van der Waals surface area contributed by atoms with Crippen LogP contribution < -0.4 is 16.0 Å². The van der Waals surface area contributed by atoms with Crippen molar-refractivity contribution in [1.29, 1.82) is 0 Å². The van der Waals surface area contributed by atoms with Crippen molar-refractivity contribution in [1.82, 2.24) is 16.0 Å². The molecule has 1 saturated carbocycles. The Bertz CT molecular complexity index is 556. The molecule has 1 aromatic rings. The summed E-state index contributed by atoms with van der Waals surface area (Å²) in [5.74, 6) is 0.836. The molecule has 1 aliphatic carbocycles. The molecule has 1 aromatic carbocycles. The topological polar surface area (TPSA) is 65.5 Å². The van der Waals surface area contributed by atoms with Gasteiger partial charge in [-0.15, -0.1) is 24.0 Å². The Morgan fingerprint density at radius 2 is 1.73 bits per heavy atom. The van der Waals surface area contributed by atoms with Crippen LogP contribution in [0.4, 0.5) is 0 Å². The van der Waals surface area contributed by atoms with E-state index in [4.69, 9.17) is 0 Å². The number of rotatable bonds is 8. The summed E-state index contributed by atoms with van der Waals surface area (Å²) in [4.78, 5) is 16.3. The Hall–Kier alpha value is -1.31. The molecule has 0 bridgehead atoms. The summed E-state index contributed by atoms with van der Waals surface area (Å²) in [5, 5.41) is 9.76. The molecule has 6 heteroatoms. The summed E-state index contributed by atoms with van der Waals surface area (Å²) in [5.41, 5.74) is 1.15. The number of guanidine groups is 1. The number of hydrogen-bond acceptors (Lipinski definition) is 2. The molecule has 0 unspecified atom stereocenters. The quantitative estimate of drug-likeness (QED) is 0.235. The molecule has 5 nitrogen and oxygen atoms in total. The zero-order valence-corrected chi connectivity index (χ0v) is 18.3. The number of hydrogen-bond donors (Lipinski definition) is 3. The Balaban J connectivity index is 0.00000338. The van der Waals surface area contributed by atoms with Gasteiger partial charge in [0.25, 0.3) is 5.91 Å². The van der Waals surface area contributed by atoms with Crippen molar-refractivity contribution in [3.63, 3.8) is 0 Å². The van der Waals surface area contributed by atoms with E-state index in [1.165, 1.54) is 32.1 Å². The maximum atomic E-state index is 11.9. The second kappa shape index (κ2) is 12.1. The van der Waals surface area contributed by atoms with Gasteiger partial charge in [0.15, 0.2) is 5.96 Å². The molecule has 0 heterocycles. The zero-order valence-electron chi connectivity index (χ0n) is 16.0. The average molecular weight is 472 g/mol. The summed E-state index contributed by atoms with van der Waals surface area (Å²) >= 11 is 0. The predicted octanol–water partition coefficient (Wildman–Crippen LogP) is 3.56. The summed E-state index contributed by atoms with van der Waals surface area (Å²) in [7, 11) is 1.81. The highest BCUT2D eigenvalue weighted by molar-refractivity contribution is 14.0. The molecule has 26 heavy (non-hydrogen) atoms. The van der Waals surface area contributed by atoms with E-state index in [1.54, 1.807) is 7.05 Å². The first-order valence-corrected chi connectivity index (χ1v) is 9.47. The monoisotopic (exact) mass is 472 g/mol. The summed E-state index contributed by atoms with van der Waals surface area (Å²) in [6.45, 7) is 4.72. The van der Waals surface area contributed by atoms with Crippen LogP contribution in [0.25, 0.3) is 0 Å². The SMILES string of the molecule is CCC1(CNC(=NC)NCCCNC(=O)c2ccccc2)CCCC1.I. The standard InChI is InChI=1S/C20H32N4O.HI/c1-3-20(12-7-8-13-20)16-24-19(21-2)23-15-9-14-22-18(25)17-10-5-4-6-11-17;/h4-6,10-11H,3,7-9,12-16H2,1-2H3,(H,22,25)(H2,21,23,24);1H. The van der Waals surface area contributed by atoms with Crippen LogP contribution in [0.15, 0.2) is 35.3 Å². The Labute approximate surface area is 174 Å². The summed E-state index contributed by atoms with van der Waals surface area (Å²) in [6.07, 6.45) is 7.42. The second-order valence-corrected chi connectivity index (χ2v) is 6.89. The van der Waals surface area contributed by atoms with E-state index >= 15 is 0 Å². The van der Waals surface area contributed by atoms with Gasteiger partial charge in [0.05, 0.1) is 0 Å². The number of benzene rings is 1. The molecule has 0 radical (unpaired) electrons. The molecule has 0 saturated heterocycles. The van der Waals surface area contributed by atoms with Crippen LogP contribution >= 0.6 is 24.0 Å². The van der Waals surface area contributed by atoms with Gasteiger partial charge < -0.3 is 16.0 Å². The highest BCUT2D eigenvalue weighted by Crippen LogP contribution is 2.40. The minimum atomic E-state index is -0.0192. The molecule has 3 N–H and O–H groups in total. The van der Waals surface area contributed by atoms with Crippen LogP contribution in [-0.4, -0.2) is 38.5 Å². The van der Waals surface area contributed by atoms with E-state index in [-0.39, 0.29) is 29.9 Å². The molecule has 0 aliphatic heterocycles. The third-order valence-electron chi connectivity index (χ3n) is 5.24. The fourth-order valence-corrected chi connectivity index (χ4v) is 3.46. The molecule has 146 valence electrons. The molecular weight excluding hydrogens is 439 g/mol. The van der Waals surface area contributed by atoms with Gasteiger partial charge in [-0.3, -0.25) is 9.79 Å². The van der Waals surface area contributed by atoms with Crippen LogP contribution in [0, 0.1) is 5.41 Å². The van der Waals surface area contributed by atoms with Gasteiger partial charge in [0.1, 0.15) is 0 Å². The minimum absolute atomic E-state index is 0. The third kappa shape index (κ3) is 7.13. The van der Waals surface area contributed by atoms with Gasteiger partial charge in [0.2, 0.25) is 0 Å². The number of aliphatic imine (C=N–C) groups is 1. The van der Waals surface area contributed by atoms with Crippen molar-refractivity contribution in [2.75, 3.05) is 26.7 Å². The van der Waals surface area contributed by atoms with Crippen LogP contribution in [-0.2, 0) is 0 Å². The van der Waals surface area contributed by atoms with Crippen molar-refractivity contribution in [3.8, 4) is 0 Å². The number of halogens is 1. The zero-order chi connectivity index (χ0) is 18.0. The lowest BCUT2D eigenvalue weighted by molar-refractivity contribution is 0.0953. The number of nitrogens with one attached hydrogen (secondary N) is 3. The molecule has 1 fully saturated rings. The van der Waals surface area contributed by atoms with Crippen LogP contribution in [0.1, 0.15) is 55.8 Å². The van der Waals surface area contributed by atoms with Crippen molar-refractivity contribution >= 4 is 35.8 Å². The van der Waals surface area contributed by atoms with Gasteiger partial charge >= 0.3 is 0 Å². The van der Waals surface area contributed by atoms with Crippen molar-refractivity contribution in [3.05, 3.63) is 35.9 Å². The lowest BCUT2D eigenvalue weighted by Crippen LogP contribution is -2.43. The van der Waals surface area contributed by atoms with E-state index < -0.39 is 0 Å². The molecule has 1 amide bonds. The molecule has 0 spiro atoms. The number of carbonyl (C=O) groups excluding carboxylic acids is 1. The smallest absolute Gasteiger partial charge is 0.251 e. The Kier molecular flexibility index (Phi) is 10.6. The van der Waals surface area contributed by atoms with Crippen LogP contribution in [0.3, 0.4) is 0 Å². The summed E-state index contributed by atoms with van der Waals surface area (Å²) in [6, 6.07) is 9.31. The van der Waals surface area contributed by atoms with Gasteiger partial charge in [-0.25, -0.2) is 0 Å². The Morgan fingerprint density at radius 3 is 2.35 bits per heavy atom. The van der Waals surface area contributed by atoms with E-state index in [9.17, 15) is 4.79 Å². The first-order chi connectivity index (χ1) is 12.2. The van der Waals surface area contributed by atoms with Gasteiger partial charge in [-0.05, 0) is 43.2 Å². The molecular formula is C20H33IN4O.